The van der Waals surface area contributed by atoms with Crippen molar-refractivity contribution >= 4 is 23.6 Å². The second-order valence-electron chi connectivity index (χ2n) is 5.57. The van der Waals surface area contributed by atoms with Gasteiger partial charge < -0.3 is 20.5 Å². The lowest BCUT2D eigenvalue weighted by Gasteiger charge is -2.25. The predicted octanol–water partition coefficient (Wildman–Crippen LogP) is 2.19. The lowest BCUT2D eigenvalue weighted by Crippen LogP contribution is -2.38. The maximum absolute atomic E-state index is 12.0. The maximum atomic E-state index is 12.0. The first-order chi connectivity index (χ1) is 11.9. The SMILES string of the molecule is CCOc1cc(Cl)cc(-c2nn3c(c2C(N)=O)CN(C(=O)O)CC3)c1. The van der Waals surface area contributed by atoms with Crippen molar-refractivity contribution in [2.45, 2.75) is 20.0 Å². The Morgan fingerprint density at radius 3 is 2.76 bits per heavy atom. The molecule has 0 spiro atoms. The van der Waals surface area contributed by atoms with Crippen LogP contribution in [0.4, 0.5) is 4.79 Å². The summed E-state index contributed by atoms with van der Waals surface area (Å²) in [7, 11) is 0. The highest BCUT2D eigenvalue weighted by Crippen LogP contribution is 2.32. The van der Waals surface area contributed by atoms with Crippen molar-refractivity contribution in [3.8, 4) is 17.0 Å². The highest BCUT2D eigenvalue weighted by Gasteiger charge is 2.29. The number of rotatable bonds is 4. The standard InChI is InChI=1S/C16H17ClN4O4/c1-2-25-11-6-9(5-10(17)7-11)14-13(15(18)22)12-8-20(16(23)24)3-4-21(12)19-14/h5-7H,2-4,8H2,1H3,(H2,18,22)(H,23,24). The number of carbonyl (C=O) groups excluding carboxylic acids is 1. The van der Waals surface area contributed by atoms with Crippen LogP contribution >= 0.6 is 11.6 Å². The number of halogens is 1. The van der Waals surface area contributed by atoms with Gasteiger partial charge in [-0.25, -0.2) is 4.79 Å². The van der Waals surface area contributed by atoms with Crippen LogP contribution in [0.15, 0.2) is 18.2 Å². The van der Waals surface area contributed by atoms with Gasteiger partial charge in [0.2, 0.25) is 0 Å². The Labute approximate surface area is 148 Å². The minimum atomic E-state index is -1.05. The van der Waals surface area contributed by atoms with E-state index < -0.39 is 12.0 Å². The minimum absolute atomic E-state index is 0.0550. The lowest BCUT2D eigenvalue weighted by atomic mass is 10.0. The van der Waals surface area contributed by atoms with Crippen molar-refractivity contribution in [3.63, 3.8) is 0 Å². The third-order valence-electron chi connectivity index (χ3n) is 3.95. The molecule has 0 unspecified atom stereocenters. The molecule has 25 heavy (non-hydrogen) atoms. The zero-order valence-electron chi connectivity index (χ0n) is 13.5. The van der Waals surface area contributed by atoms with Crippen LogP contribution in [-0.4, -0.2) is 44.9 Å². The molecule has 132 valence electrons. The number of benzene rings is 1. The van der Waals surface area contributed by atoms with Crippen LogP contribution in [0.25, 0.3) is 11.3 Å². The average Bonchev–Trinajstić information content (AvgIpc) is 2.93. The quantitative estimate of drug-likeness (QED) is 0.863. The average molecular weight is 365 g/mol. The number of hydrogen-bond donors (Lipinski definition) is 2. The molecule has 0 radical (unpaired) electrons. The molecule has 2 amide bonds. The first-order valence-electron chi connectivity index (χ1n) is 7.71. The van der Waals surface area contributed by atoms with Crippen molar-refractivity contribution in [1.29, 1.82) is 0 Å². The van der Waals surface area contributed by atoms with Gasteiger partial charge in [0.1, 0.15) is 11.4 Å². The molecule has 0 bridgehead atoms. The second-order valence-corrected chi connectivity index (χ2v) is 6.01. The van der Waals surface area contributed by atoms with E-state index in [4.69, 9.17) is 22.1 Å². The Hall–Kier alpha value is -2.74. The maximum Gasteiger partial charge on any atom is 0.407 e. The molecular weight excluding hydrogens is 348 g/mol. The van der Waals surface area contributed by atoms with Crippen LogP contribution in [-0.2, 0) is 13.1 Å². The largest absolute Gasteiger partial charge is 0.494 e. The number of hydrogen-bond acceptors (Lipinski definition) is 4. The number of fused-ring (bicyclic) bond motifs is 1. The van der Waals surface area contributed by atoms with Gasteiger partial charge in [-0.15, -0.1) is 0 Å². The van der Waals surface area contributed by atoms with Gasteiger partial charge in [-0.1, -0.05) is 11.6 Å². The molecule has 8 nitrogen and oxygen atoms in total. The topological polar surface area (TPSA) is 111 Å². The number of amides is 2. The molecule has 9 heteroatoms. The molecule has 3 rings (SSSR count). The molecule has 2 aromatic rings. The van der Waals surface area contributed by atoms with Gasteiger partial charge in [0.15, 0.2) is 0 Å². The number of primary amides is 1. The number of nitrogens with zero attached hydrogens (tertiary/aromatic N) is 3. The molecule has 1 aliphatic heterocycles. The van der Waals surface area contributed by atoms with Gasteiger partial charge in [-0.2, -0.15) is 5.10 Å². The van der Waals surface area contributed by atoms with Gasteiger partial charge in [0.05, 0.1) is 31.0 Å². The van der Waals surface area contributed by atoms with E-state index >= 15 is 0 Å². The van der Waals surface area contributed by atoms with Gasteiger partial charge in [-0.05, 0) is 25.1 Å². The van der Waals surface area contributed by atoms with E-state index in [0.29, 0.717) is 47.4 Å². The summed E-state index contributed by atoms with van der Waals surface area (Å²) in [6.07, 6.45) is -1.05. The van der Waals surface area contributed by atoms with E-state index in [1.165, 1.54) is 4.90 Å². The lowest BCUT2D eigenvalue weighted by molar-refractivity contribution is 0.0993. The van der Waals surface area contributed by atoms with Crippen LogP contribution in [0.5, 0.6) is 5.75 Å². The van der Waals surface area contributed by atoms with Gasteiger partial charge in [-0.3, -0.25) is 9.48 Å². The van der Waals surface area contributed by atoms with E-state index in [2.05, 4.69) is 5.10 Å². The molecule has 3 N–H and O–H groups in total. The zero-order valence-corrected chi connectivity index (χ0v) is 14.3. The predicted molar refractivity (Wildman–Crippen MR) is 90.8 cm³/mol. The highest BCUT2D eigenvalue weighted by atomic mass is 35.5. The van der Waals surface area contributed by atoms with Crippen molar-refractivity contribution in [1.82, 2.24) is 14.7 Å². The van der Waals surface area contributed by atoms with E-state index in [-0.39, 0.29) is 12.1 Å². The number of carbonyl (C=O) groups is 2. The number of carboxylic acid groups (broad SMARTS) is 1. The molecule has 0 fully saturated rings. The first kappa shape index (κ1) is 17.1. The zero-order chi connectivity index (χ0) is 18.1. The Morgan fingerprint density at radius 1 is 1.36 bits per heavy atom. The monoisotopic (exact) mass is 364 g/mol. The fourth-order valence-corrected chi connectivity index (χ4v) is 3.12. The fraction of sp³-hybridized carbons (Fsp3) is 0.312. The Kier molecular flexibility index (Phi) is 4.54. The summed E-state index contributed by atoms with van der Waals surface area (Å²) in [6.45, 7) is 3.02. The minimum Gasteiger partial charge on any atom is -0.494 e. The number of aromatic nitrogens is 2. The summed E-state index contributed by atoms with van der Waals surface area (Å²) in [6, 6.07) is 5.06. The van der Waals surface area contributed by atoms with Gasteiger partial charge in [0, 0.05) is 17.1 Å². The molecule has 0 aliphatic carbocycles. The second kappa shape index (κ2) is 6.64. The number of ether oxygens (including phenoxy) is 1. The van der Waals surface area contributed by atoms with Gasteiger partial charge in [0.25, 0.3) is 5.91 Å². The summed E-state index contributed by atoms with van der Waals surface area (Å²) in [4.78, 5) is 24.5. The summed E-state index contributed by atoms with van der Waals surface area (Å²) < 4.78 is 7.10. The molecule has 0 saturated heterocycles. The smallest absolute Gasteiger partial charge is 0.407 e. The fourth-order valence-electron chi connectivity index (χ4n) is 2.89. The normalized spacial score (nSPS) is 13.4. The van der Waals surface area contributed by atoms with Crippen molar-refractivity contribution in [2.75, 3.05) is 13.2 Å². The summed E-state index contributed by atoms with van der Waals surface area (Å²) in [5.41, 5.74) is 7.20. The third kappa shape index (κ3) is 3.25. The number of nitrogens with two attached hydrogens (primary N) is 1. The Bertz CT molecular complexity index is 849. The summed E-state index contributed by atoms with van der Waals surface area (Å²) >= 11 is 6.14. The van der Waals surface area contributed by atoms with Crippen molar-refractivity contribution < 1.29 is 19.4 Å². The van der Waals surface area contributed by atoms with E-state index in [1.54, 1.807) is 22.9 Å². The van der Waals surface area contributed by atoms with Crippen LogP contribution in [0.3, 0.4) is 0 Å². The van der Waals surface area contributed by atoms with E-state index in [0.717, 1.165) is 0 Å². The molecule has 0 atom stereocenters. The van der Waals surface area contributed by atoms with Crippen LogP contribution in [0.2, 0.25) is 5.02 Å². The first-order valence-corrected chi connectivity index (χ1v) is 8.09. The highest BCUT2D eigenvalue weighted by molar-refractivity contribution is 6.31. The third-order valence-corrected chi connectivity index (χ3v) is 4.17. The van der Waals surface area contributed by atoms with Crippen molar-refractivity contribution in [3.05, 3.63) is 34.5 Å². The molecule has 0 saturated carbocycles. The van der Waals surface area contributed by atoms with Crippen LogP contribution in [0, 0.1) is 0 Å². The Morgan fingerprint density at radius 2 is 2.12 bits per heavy atom. The van der Waals surface area contributed by atoms with Crippen LogP contribution in [0.1, 0.15) is 23.0 Å². The van der Waals surface area contributed by atoms with Gasteiger partial charge >= 0.3 is 6.09 Å². The van der Waals surface area contributed by atoms with E-state index in [1.807, 2.05) is 6.92 Å². The summed E-state index contributed by atoms with van der Waals surface area (Å²) in [5, 5.41) is 14.1. The molecule has 1 aliphatic rings. The molecule has 1 aromatic heterocycles. The molecular formula is C16H17ClN4O4. The summed E-state index contributed by atoms with van der Waals surface area (Å²) in [5.74, 6) is -0.111. The Balaban J connectivity index is 2.12. The molecule has 2 heterocycles. The van der Waals surface area contributed by atoms with Crippen molar-refractivity contribution in [2.24, 2.45) is 5.73 Å². The van der Waals surface area contributed by atoms with E-state index in [9.17, 15) is 14.7 Å². The molecule has 1 aromatic carbocycles. The van der Waals surface area contributed by atoms with Crippen LogP contribution < -0.4 is 10.5 Å².